The quantitative estimate of drug-likeness (QED) is 0.122. The number of benzene rings is 3. The molecule has 0 N–H and O–H groups in total. The first-order valence-corrected chi connectivity index (χ1v) is 20.1. The van der Waals surface area contributed by atoms with Crippen molar-refractivity contribution < 1.29 is 8.85 Å². The van der Waals surface area contributed by atoms with Crippen LogP contribution in [0.25, 0.3) is 24.3 Å². The molecule has 3 rings (SSSR count). The van der Waals surface area contributed by atoms with Crippen LogP contribution in [0.1, 0.15) is 116 Å². The Morgan fingerprint density at radius 2 is 0.885 bits per heavy atom. The summed E-state index contributed by atoms with van der Waals surface area (Å²) in [7, 11) is 1.36. The first-order chi connectivity index (χ1) is 24.3. The Labute approximate surface area is 321 Å². The molecule has 3 aromatic carbocycles. The maximum absolute atomic E-state index is 10.1. The van der Waals surface area contributed by atoms with Gasteiger partial charge in [0, 0.05) is 24.5 Å². The Hall–Kier alpha value is -3.93. The third-order valence-electron chi connectivity index (χ3n) is 10.1. The molecule has 6 nitrogen and oxygen atoms in total. The average molecular weight is 735 g/mol. The molecule has 0 aliphatic heterocycles. The van der Waals surface area contributed by atoms with E-state index in [0.717, 1.165) is 35.6 Å². The van der Waals surface area contributed by atoms with Crippen molar-refractivity contribution in [3.8, 4) is 12.1 Å². The molecule has 0 spiro atoms. The van der Waals surface area contributed by atoms with Gasteiger partial charge in [-0.3, -0.25) is 0 Å². The van der Waals surface area contributed by atoms with Gasteiger partial charge in [-0.25, -0.2) is 0 Å². The van der Waals surface area contributed by atoms with Crippen LogP contribution >= 0.6 is 0 Å². The molecule has 0 saturated heterocycles. The molecule has 0 aromatic heterocycles. The number of nitrogens with zero attached hydrogens (tertiary/aromatic N) is 4. The summed E-state index contributed by atoms with van der Waals surface area (Å²) in [5.41, 5.74) is 6.25. The molecule has 0 aliphatic carbocycles. The van der Waals surface area contributed by atoms with Gasteiger partial charge in [0.2, 0.25) is 0 Å². The van der Waals surface area contributed by atoms with E-state index in [9.17, 15) is 10.5 Å². The lowest BCUT2D eigenvalue weighted by molar-refractivity contribution is 0.0392. The highest BCUT2D eigenvalue weighted by Crippen LogP contribution is 2.38. The lowest BCUT2D eigenvalue weighted by Gasteiger charge is -2.49. The summed E-state index contributed by atoms with van der Waals surface area (Å²) in [6.45, 7) is 28.5. The molecule has 0 fully saturated rings. The van der Waals surface area contributed by atoms with Crippen molar-refractivity contribution in [2.45, 2.75) is 106 Å². The van der Waals surface area contributed by atoms with E-state index < -0.39 is 0 Å². The highest BCUT2D eigenvalue weighted by Gasteiger charge is 2.43. The van der Waals surface area contributed by atoms with Crippen molar-refractivity contribution in [2.24, 2.45) is 10.8 Å². The molecular weight excluding hydrogens is 673 g/mol. The average Bonchev–Trinajstić information content (AvgIpc) is 3.10. The minimum atomic E-state index is -0.285. The predicted octanol–water partition coefficient (Wildman–Crippen LogP) is 8.40. The summed E-state index contributed by atoms with van der Waals surface area (Å²) < 4.78 is 12.2. The number of likely N-dealkylation sites (N-methyl/N-ethyl adjacent to an activating group) is 2. The fourth-order valence-corrected chi connectivity index (χ4v) is 8.50. The lowest BCUT2D eigenvalue weighted by Crippen LogP contribution is -2.57. The standard InChI is InChI=1S/C44H62N4O2Si2/c1-13-47(39(41(3,4)5)43(9,10)49-51)37-23-17-31(18-24-37)15-21-33-27-36(30-46)34(28-35(33)29-45)22-16-32-19-25-38(26-20-32)48(14-2)40(42(6,7)8)44(11,12)50-52/h15-28,39-40H,13-14H2,1-12,51-52H3. The number of rotatable bonds is 14. The molecule has 2 atom stereocenters. The van der Waals surface area contributed by atoms with Crippen molar-refractivity contribution in [3.05, 3.63) is 94.0 Å². The fourth-order valence-electron chi connectivity index (χ4n) is 8.05. The van der Waals surface area contributed by atoms with Crippen LogP contribution in [0.3, 0.4) is 0 Å². The van der Waals surface area contributed by atoms with Crippen LogP contribution in [0.4, 0.5) is 11.4 Å². The number of hydrogen-bond acceptors (Lipinski definition) is 6. The van der Waals surface area contributed by atoms with E-state index in [1.165, 1.54) is 0 Å². The molecule has 3 aromatic rings. The van der Waals surface area contributed by atoms with Crippen LogP contribution < -0.4 is 9.80 Å². The summed E-state index contributed by atoms with van der Waals surface area (Å²) in [6.07, 6.45) is 7.85. The molecule has 8 heteroatoms. The largest absolute Gasteiger partial charge is 0.421 e. The number of nitriles is 2. The zero-order valence-electron chi connectivity index (χ0n) is 34.3. The second kappa shape index (κ2) is 17.3. The first kappa shape index (κ1) is 42.5. The van der Waals surface area contributed by atoms with Crippen molar-refractivity contribution >= 4 is 56.7 Å². The molecule has 0 saturated carbocycles. The SMILES string of the molecule is CCN(c1ccc(C=Cc2cc(C#N)c(C=Cc3ccc(N(CC)C(C(C)(C)C)C(C)(C)O[SiH3])cc3)cc2C#N)cc1)C(C(C)(C)C)C(C)(C)O[SiH3]. The zero-order valence-corrected chi connectivity index (χ0v) is 38.3. The summed E-state index contributed by atoms with van der Waals surface area (Å²) >= 11 is 0. The van der Waals surface area contributed by atoms with Gasteiger partial charge in [0.25, 0.3) is 0 Å². The molecule has 52 heavy (non-hydrogen) atoms. The van der Waals surface area contributed by atoms with Crippen LogP contribution in [0.15, 0.2) is 60.7 Å². The van der Waals surface area contributed by atoms with Crippen LogP contribution in [0, 0.1) is 33.5 Å². The maximum Gasteiger partial charge on any atom is 0.146 e. The highest BCUT2D eigenvalue weighted by atomic mass is 28.2. The van der Waals surface area contributed by atoms with Crippen LogP contribution in [-0.2, 0) is 8.85 Å². The van der Waals surface area contributed by atoms with Gasteiger partial charge in [-0.2, -0.15) is 10.5 Å². The van der Waals surface area contributed by atoms with Crippen LogP contribution in [0.2, 0.25) is 0 Å². The van der Waals surface area contributed by atoms with Crippen molar-refractivity contribution in [3.63, 3.8) is 0 Å². The first-order valence-electron chi connectivity index (χ1n) is 18.5. The Bertz CT molecular complexity index is 1650. The van der Waals surface area contributed by atoms with Crippen molar-refractivity contribution in [1.29, 1.82) is 10.5 Å². The minimum absolute atomic E-state index is 0.00995. The van der Waals surface area contributed by atoms with Gasteiger partial charge in [-0.05, 0) is 111 Å². The second-order valence-electron chi connectivity index (χ2n) is 16.8. The fraction of sp³-hybridized carbons (Fsp3) is 0.455. The van der Waals surface area contributed by atoms with E-state index in [1.54, 1.807) is 12.1 Å². The van der Waals surface area contributed by atoms with Crippen LogP contribution in [0.5, 0.6) is 0 Å². The Balaban J connectivity index is 1.87. The Morgan fingerprint density at radius 3 is 1.12 bits per heavy atom. The summed E-state index contributed by atoms with van der Waals surface area (Å²) in [6, 6.07) is 25.7. The second-order valence-corrected chi connectivity index (χ2v) is 17.6. The van der Waals surface area contributed by atoms with E-state index in [2.05, 4.69) is 154 Å². The molecule has 0 bridgehead atoms. The lowest BCUT2D eigenvalue weighted by atomic mass is 9.76. The Kier molecular flexibility index (Phi) is 14.1. The molecule has 2 unspecified atom stereocenters. The van der Waals surface area contributed by atoms with E-state index in [1.807, 2.05) is 24.3 Å². The van der Waals surface area contributed by atoms with E-state index in [-0.39, 0.29) is 34.1 Å². The summed E-state index contributed by atoms with van der Waals surface area (Å²) in [5.74, 6) is 0. The highest BCUT2D eigenvalue weighted by molar-refractivity contribution is 5.98. The van der Waals surface area contributed by atoms with E-state index >= 15 is 0 Å². The number of hydrogen-bond donors (Lipinski definition) is 0. The van der Waals surface area contributed by atoms with Crippen molar-refractivity contribution in [1.82, 2.24) is 0 Å². The van der Waals surface area contributed by atoms with Gasteiger partial charge in [-0.15, -0.1) is 0 Å². The maximum atomic E-state index is 10.1. The summed E-state index contributed by atoms with van der Waals surface area (Å²) in [4.78, 5) is 4.87. The van der Waals surface area contributed by atoms with Gasteiger partial charge >= 0.3 is 0 Å². The molecule has 0 aliphatic rings. The topological polar surface area (TPSA) is 72.5 Å². The predicted molar refractivity (Wildman–Crippen MR) is 229 cm³/mol. The molecule has 278 valence electrons. The van der Waals surface area contributed by atoms with E-state index in [4.69, 9.17) is 8.85 Å². The molecule has 0 amide bonds. The number of anilines is 2. The molecule has 0 heterocycles. The van der Waals surface area contributed by atoms with Gasteiger partial charge in [-0.1, -0.05) is 90.1 Å². The van der Waals surface area contributed by atoms with Gasteiger partial charge in [0.15, 0.2) is 0 Å². The zero-order chi connectivity index (χ0) is 39.1. The van der Waals surface area contributed by atoms with Crippen molar-refractivity contribution in [2.75, 3.05) is 22.9 Å². The third-order valence-corrected chi connectivity index (χ3v) is 12.2. The third kappa shape index (κ3) is 10.1. The molecular formula is C44H62N4O2Si2. The van der Waals surface area contributed by atoms with Gasteiger partial charge < -0.3 is 18.7 Å². The van der Waals surface area contributed by atoms with Crippen LogP contribution in [-0.4, -0.2) is 57.3 Å². The van der Waals surface area contributed by atoms with E-state index in [0.29, 0.717) is 43.2 Å². The minimum Gasteiger partial charge on any atom is -0.421 e. The summed E-state index contributed by atoms with van der Waals surface area (Å²) in [5, 5.41) is 20.2. The molecule has 0 radical (unpaired) electrons. The Morgan fingerprint density at radius 1 is 0.577 bits per heavy atom. The van der Waals surface area contributed by atoms with Gasteiger partial charge in [0.1, 0.15) is 21.0 Å². The van der Waals surface area contributed by atoms with Gasteiger partial charge in [0.05, 0.1) is 46.6 Å². The normalized spacial score (nSPS) is 14.0. The monoisotopic (exact) mass is 734 g/mol. The smallest absolute Gasteiger partial charge is 0.146 e.